The lowest BCUT2D eigenvalue weighted by Gasteiger charge is -2.33. The van der Waals surface area contributed by atoms with Crippen molar-refractivity contribution in [3.05, 3.63) is 18.0 Å². The second-order valence-corrected chi connectivity index (χ2v) is 6.39. The molecule has 1 saturated carbocycles. The highest BCUT2D eigenvalue weighted by molar-refractivity contribution is 5.06. The van der Waals surface area contributed by atoms with Crippen LogP contribution < -0.4 is 0 Å². The molecule has 1 aromatic heterocycles. The first kappa shape index (κ1) is 14.6. The maximum atomic E-state index is 10.4. The van der Waals surface area contributed by atoms with E-state index in [0.29, 0.717) is 5.92 Å². The average Bonchev–Trinajstić information content (AvgIpc) is 2.86. The lowest BCUT2D eigenvalue weighted by atomic mass is 9.74. The van der Waals surface area contributed by atoms with Gasteiger partial charge in [-0.25, -0.2) is 0 Å². The highest BCUT2D eigenvalue weighted by Gasteiger charge is 2.27. The van der Waals surface area contributed by atoms with E-state index in [2.05, 4.69) is 32.1 Å². The van der Waals surface area contributed by atoms with Crippen LogP contribution in [0, 0.1) is 17.8 Å². The summed E-state index contributed by atoms with van der Waals surface area (Å²) in [4.78, 5) is 0. The molecule has 1 aliphatic rings. The molecular formula is C16H28N2O. The summed E-state index contributed by atoms with van der Waals surface area (Å²) in [6, 6.07) is 0. The van der Waals surface area contributed by atoms with E-state index in [0.717, 1.165) is 24.8 Å². The molecule has 1 atom stereocenters. The Labute approximate surface area is 117 Å². The number of aliphatic hydroxyl groups is 1. The quantitative estimate of drug-likeness (QED) is 0.886. The number of rotatable bonds is 5. The molecule has 19 heavy (non-hydrogen) atoms. The van der Waals surface area contributed by atoms with Crippen molar-refractivity contribution in [3.63, 3.8) is 0 Å². The fourth-order valence-electron chi connectivity index (χ4n) is 3.29. The normalized spacial score (nSPS) is 25.7. The van der Waals surface area contributed by atoms with Crippen LogP contribution in [0.25, 0.3) is 0 Å². The van der Waals surface area contributed by atoms with Crippen LogP contribution in [0.2, 0.25) is 0 Å². The van der Waals surface area contributed by atoms with E-state index in [4.69, 9.17) is 0 Å². The van der Waals surface area contributed by atoms with E-state index >= 15 is 0 Å². The first-order valence-corrected chi connectivity index (χ1v) is 7.79. The van der Waals surface area contributed by atoms with Crippen LogP contribution in [0.1, 0.15) is 52.0 Å². The van der Waals surface area contributed by atoms with E-state index in [-0.39, 0.29) is 6.10 Å². The predicted molar refractivity (Wildman–Crippen MR) is 77.9 cm³/mol. The van der Waals surface area contributed by atoms with Crippen LogP contribution in [-0.2, 0) is 13.0 Å². The molecule has 1 N–H and O–H groups in total. The zero-order chi connectivity index (χ0) is 13.8. The average molecular weight is 264 g/mol. The number of hydrogen-bond donors (Lipinski definition) is 1. The fraction of sp³-hybridized carbons (Fsp3) is 0.812. The van der Waals surface area contributed by atoms with Gasteiger partial charge in [-0.3, -0.25) is 4.68 Å². The van der Waals surface area contributed by atoms with Crippen LogP contribution in [0.3, 0.4) is 0 Å². The number of aryl methyl sites for hydroxylation is 1. The maximum absolute atomic E-state index is 10.4. The Bertz CT molecular complexity index is 378. The predicted octanol–water partition coefficient (Wildman–Crippen LogP) is 3.27. The van der Waals surface area contributed by atoms with Gasteiger partial charge in [-0.15, -0.1) is 0 Å². The van der Waals surface area contributed by atoms with E-state index in [1.165, 1.54) is 31.2 Å². The molecule has 0 bridgehead atoms. The summed E-state index contributed by atoms with van der Waals surface area (Å²) in [6.07, 6.45) is 9.47. The molecule has 0 aromatic carbocycles. The summed E-state index contributed by atoms with van der Waals surface area (Å²) in [5.41, 5.74) is 1.17. The zero-order valence-corrected chi connectivity index (χ0v) is 12.5. The molecule has 0 aliphatic heterocycles. The number of hydrogen-bond acceptors (Lipinski definition) is 2. The van der Waals surface area contributed by atoms with Crippen LogP contribution >= 0.6 is 0 Å². The van der Waals surface area contributed by atoms with Crippen LogP contribution in [0.4, 0.5) is 0 Å². The molecule has 108 valence electrons. The smallest absolute Gasteiger partial charge is 0.0609 e. The first-order valence-electron chi connectivity index (χ1n) is 7.79. The van der Waals surface area contributed by atoms with E-state index in [9.17, 15) is 5.11 Å². The van der Waals surface area contributed by atoms with Crippen molar-refractivity contribution >= 4 is 0 Å². The maximum Gasteiger partial charge on any atom is 0.0609 e. The SMILES string of the molecule is CCn1cc(CC(O)C2CCC(C(C)C)CC2)cn1. The van der Waals surface area contributed by atoms with Gasteiger partial charge in [-0.05, 0) is 55.9 Å². The van der Waals surface area contributed by atoms with Crippen molar-refractivity contribution in [2.45, 2.75) is 65.5 Å². The summed E-state index contributed by atoms with van der Waals surface area (Å²) < 4.78 is 1.93. The molecule has 1 heterocycles. The summed E-state index contributed by atoms with van der Waals surface area (Å²) in [5, 5.41) is 14.7. The van der Waals surface area contributed by atoms with Crippen molar-refractivity contribution in [3.8, 4) is 0 Å². The van der Waals surface area contributed by atoms with Gasteiger partial charge in [0, 0.05) is 19.2 Å². The molecule has 2 rings (SSSR count). The minimum atomic E-state index is -0.192. The number of nitrogens with zero attached hydrogens (tertiary/aromatic N) is 2. The molecule has 3 heteroatoms. The van der Waals surface area contributed by atoms with Gasteiger partial charge in [-0.1, -0.05) is 13.8 Å². The fourth-order valence-corrected chi connectivity index (χ4v) is 3.29. The molecule has 3 nitrogen and oxygen atoms in total. The Hall–Kier alpha value is -0.830. The summed E-state index contributed by atoms with van der Waals surface area (Å²) in [6.45, 7) is 7.62. The minimum absolute atomic E-state index is 0.192. The second kappa shape index (κ2) is 6.56. The summed E-state index contributed by atoms with van der Waals surface area (Å²) in [5.74, 6) is 2.15. The first-order chi connectivity index (χ1) is 9.10. The number of aromatic nitrogens is 2. The molecular weight excluding hydrogens is 236 g/mol. The van der Waals surface area contributed by atoms with Crippen molar-refractivity contribution in [2.75, 3.05) is 0 Å². The molecule has 0 amide bonds. The van der Waals surface area contributed by atoms with Gasteiger partial charge in [0.05, 0.1) is 12.3 Å². The standard InChI is InChI=1S/C16H28N2O/c1-4-18-11-13(10-17-18)9-16(19)15-7-5-14(6-8-15)12(2)3/h10-12,14-16,19H,4-9H2,1-3H3. The van der Waals surface area contributed by atoms with Crippen LogP contribution in [0.15, 0.2) is 12.4 Å². The molecule has 1 aromatic rings. The van der Waals surface area contributed by atoms with Crippen molar-refractivity contribution < 1.29 is 5.11 Å². The van der Waals surface area contributed by atoms with Crippen LogP contribution in [0.5, 0.6) is 0 Å². The minimum Gasteiger partial charge on any atom is -0.392 e. The largest absolute Gasteiger partial charge is 0.392 e. The third-order valence-corrected chi connectivity index (χ3v) is 4.76. The van der Waals surface area contributed by atoms with Gasteiger partial charge < -0.3 is 5.11 Å². The molecule has 1 aliphatic carbocycles. The van der Waals surface area contributed by atoms with Gasteiger partial charge in [0.2, 0.25) is 0 Å². The Morgan fingerprint density at radius 3 is 2.42 bits per heavy atom. The molecule has 0 radical (unpaired) electrons. The highest BCUT2D eigenvalue weighted by Crippen LogP contribution is 2.35. The molecule has 0 saturated heterocycles. The molecule has 1 fully saturated rings. The highest BCUT2D eigenvalue weighted by atomic mass is 16.3. The molecule has 1 unspecified atom stereocenters. The number of aliphatic hydroxyl groups excluding tert-OH is 1. The van der Waals surface area contributed by atoms with Gasteiger partial charge >= 0.3 is 0 Å². The monoisotopic (exact) mass is 264 g/mol. The third kappa shape index (κ3) is 3.82. The van der Waals surface area contributed by atoms with Crippen LogP contribution in [-0.4, -0.2) is 21.0 Å². The van der Waals surface area contributed by atoms with E-state index in [1.807, 2.05) is 10.9 Å². The Kier molecular flexibility index (Phi) is 5.03. The van der Waals surface area contributed by atoms with Crippen molar-refractivity contribution in [1.29, 1.82) is 0 Å². The second-order valence-electron chi connectivity index (χ2n) is 6.39. The van der Waals surface area contributed by atoms with Crippen molar-refractivity contribution in [1.82, 2.24) is 9.78 Å². The van der Waals surface area contributed by atoms with Gasteiger partial charge in [0.25, 0.3) is 0 Å². The van der Waals surface area contributed by atoms with Gasteiger partial charge in [0.1, 0.15) is 0 Å². The van der Waals surface area contributed by atoms with Gasteiger partial charge in [0.15, 0.2) is 0 Å². The Morgan fingerprint density at radius 2 is 1.89 bits per heavy atom. The van der Waals surface area contributed by atoms with Crippen molar-refractivity contribution in [2.24, 2.45) is 17.8 Å². The van der Waals surface area contributed by atoms with E-state index < -0.39 is 0 Å². The topological polar surface area (TPSA) is 38.0 Å². The summed E-state index contributed by atoms with van der Waals surface area (Å²) in [7, 11) is 0. The summed E-state index contributed by atoms with van der Waals surface area (Å²) >= 11 is 0. The Morgan fingerprint density at radius 1 is 1.26 bits per heavy atom. The molecule has 0 spiro atoms. The lowest BCUT2D eigenvalue weighted by Crippen LogP contribution is -2.28. The van der Waals surface area contributed by atoms with E-state index in [1.54, 1.807) is 0 Å². The lowest BCUT2D eigenvalue weighted by molar-refractivity contribution is 0.0675. The third-order valence-electron chi connectivity index (χ3n) is 4.76. The zero-order valence-electron chi connectivity index (χ0n) is 12.5. The van der Waals surface area contributed by atoms with Gasteiger partial charge in [-0.2, -0.15) is 5.10 Å². The Balaban J connectivity index is 1.82.